The number of nitrogens with zero attached hydrogens (tertiary/aromatic N) is 1. The molecule has 0 spiro atoms. The fourth-order valence-electron chi connectivity index (χ4n) is 2.09. The minimum atomic E-state index is -0.842. The predicted molar refractivity (Wildman–Crippen MR) is 58.1 cm³/mol. The maximum atomic E-state index is 11.6. The van der Waals surface area contributed by atoms with Crippen molar-refractivity contribution in [1.29, 1.82) is 0 Å². The van der Waals surface area contributed by atoms with Crippen LogP contribution in [0.1, 0.15) is 19.8 Å². The number of carbonyl (C=O) groups excluding carboxylic acids is 1. The van der Waals surface area contributed by atoms with Gasteiger partial charge in [0.25, 0.3) is 0 Å². The van der Waals surface area contributed by atoms with Gasteiger partial charge in [0, 0.05) is 12.6 Å². The van der Waals surface area contributed by atoms with Gasteiger partial charge >= 0.3 is 12.1 Å². The summed E-state index contributed by atoms with van der Waals surface area (Å²) in [6.07, 6.45) is 2.16. The Balaban J connectivity index is 2.64. The predicted octanol–water partition coefficient (Wildman–Crippen LogP) is 1.49. The molecule has 5 heteroatoms. The first kappa shape index (κ1) is 12.5. The van der Waals surface area contributed by atoms with E-state index < -0.39 is 18.0 Å². The number of carboxylic acid groups (broad SMARTS) is 1. The van der Waals surface area contributed by atoms with Crippen LogP contribution in [0.4, 0.5) is 4.79 Å². The van der Waals surface area contributed by atoms with Crippen molar-refractivity contribution in [3.8, 4) is 0 Å². The van der Waals surface area contributed by atoms with Crippen molar-refractivity contribution in [1.82, 2.24) is 4.90 Å². The van der Waals surface area contributed by atoms with E-state index in [1.807, 2.05) is 6.92 Å². The van der Waals surface area contributed by atoms with E-state index >= 15 is 0 Å². The van der Waals surface area contributed by atoms with Crippen LogP contribution in [0.5, 0.6) is 0 Å². The molecular formula is C11H17NO4. The number of ether oxygens (including phenoxy) is 1. The van der Waals surface area contributed by atoms with Crippen LogP contribution in [0, 0.1) is 5.92 Å². The van der Waals surface area contributed by atoms with Gasteiger partial charge in [0.15, 0.2) is 0 Å². The molecule has 1 N–H and O–H groups in total. The van der Waals surface area contributed by atoms with Crippen LogP contribution >= 0.6 is 0 Å². The number of carboxylic acids is 1. The number of likely N-dealkylation sites (tertiary alicyclic amines) is 1. The monoisotopic (exact) mass is 227 g/mol. The lowest BCUT2D eigenvalue weighted by Crippen LogP contribution is -2.39. The smallest absolute Gasteiger partial charge is 0.410 e. The molecule has 0 radical (unpaired) electrons. The summed E-state index contributed by atoms with van der Waals surface area (Å²) in [6, 6.07) is -0.255. The van der Waals surface area contributed by atoms with Crippen LogP contribution in [0.15, 0.2) is 12.7 Å². The molecule has 0 aromatic rings. The zero-order chi connectivity index (χ0) is 12.1. The van der Waals surface area contributed by atoms with Crippen molar-refractivity contribution in [2.24, 2.45) is 5.92 Å². The van der Waals surface area contributed by atoms with Crippen LogP contribution in [-0.4, -0.2) is 41.3 Å². The molecular weight excluding hydrogens is 210 g/mol. The number of carbonyl (C=O) groups is 2. The largest absolute Gasteiger partial charge is 0.481 e. The van der Waals surface area contributed by atoms with Gasteiger partial charge in [0.1, 0.15) is 6.61 Å². The fraction of sp³-hybridized carbons (Fsp3) is 0.636. The van der Waals surface area contributed by atoms with E-state index in [0.29, 0.717) is 19.4 Å². The highest BCUT2D eigenvalue weighted by Crippen LogP contribution is 2.27. The number of amides is 1. The summed E-state index contributed by atoms with van der Waals surface area (Å²) >= 11 is 0. The summed E-state index contributed by atoms with van der Waals surface area (Å²) in [4.78, 5) is 24.1. The van der Waals surface area contributed by atoms with Crippen molar-refractivity contribution in [3.05, 3.63) is 12.7 Å². The first-order valence-corrected chi connectivity index (χ1v) is 5.38. The summed E-state index contributed by atoms with van der Waals surface area (Å²) in [7, 11) is 0. The first-order valence-electron chi connectivity index (χ1n) is 5.38. The summed E-state index contributed by atoms with van der Waals surface area (Å²) in [5, 5.41) is 9.00. The van der Waals surface area contributed by atoms with E-state index in [1.165, 1.54) is 11.0 Å². The molecule has 1 heterocycles. The number of hydrogen-bond acceptors (Lipinski definition) is 3. The maximum absolute atomic E-state index is 11.6. The molecule has 1 aliphatic heterocycles. The van der Waals surface area contributed by atoms with Gasteiger partial charge in [-0.1, -0.05) is 19.6 Å². The van der Waals surface area contributed by atoms with Crippen molar-refractivity contribution in [3.63, 3.8) is 0 Å². The minimum Gasteiger partial charge on any atom is -0.481 e. The second kappa shape index (κ2) is 5.53. The van der Waals surface area contributed by atoms with Crippen LogP contribution < -0.4 is 0 Å². The molecule has 16 heavy (non-hydrogen) atoms. The lowest BCUT2D eigenvalue weighted by molar-refractivity contribution is -0.142. The van der Waals surface area contributed by atoms with Crippen molar-refractivity contribution in [2.45, 2.75) is 25.8 Å². The zero-order valence-electron chi connectivity index (χ0n) is 9.39. The molecule has 0 saturated carbocycles. The van der Waals surface area contributed by atoms with E-state index in [-0.39, 0.29) is 12.6 Å². The van der Waals surface area contributed by atoms with Crippen LogP contribution in [0.25, 0.3) is 0 Å². The fourth-order valence-corrected chi connectivity index (χ4v) is 2.09. The quantitative estimate of drug-likeness (QED) is 0.739. The first-order chi connectivity index (χ1) is 7.61. The molecule has 1 fully saturated rings. The van der Waals surface area contributed by atoms with E-state index in [0.717, 1.165) is 0 Å². The SMILES string of the molecule is C=CCOC(=O)N1CCC(C(=O)O)C1CC. The highest BCUT2D eigenvalue weighted by Gasteiger charge is 2.40. The molecule has 1 amide bonds. The van der Waals surface area contributed by atoms with Crippen molar-refractivity contribution >= 4 is 12.1 Å². The van der Waals surface area contributed by atoms with Gasteiger partial charge in [-0.2, -0.15) is 0 Å². The topological polar surface area (TPSA) is 66.8 Å². The molecule has 90 valence electrons. The number of rotatable bonds is 4. The van der Waals surface area contributed by atoms with Gasteiger partial charge in [-0.25, -0.2) is 4.79 Å². The Bertz CT molecular complexity index is 290. The lowest BCUT2D eigenvalue weighted by Gasteiger charge is -2.24. The van der Waals surface area contributed by atoms with Crippen LogP contribution in [-0.2, 0) is 9.53 Å². The van der Waals surface area contributed by atoms with E-state index in [4.69, 9.17) is 9.84 Å². The van der Waals surface area contributed by atoms with Crippen molar-refractivity contribution < 1.29 is 19.4 Å². The van der Waals surface area contributed by atoms with E-state index in [2.05, 4.69) is 6.58 Å². The molecule has 1 rings (SSSR count). The summed E-state index contributed by atoms with van der Waals surface area (Å²) in [5.74, 6) is -1.31. The zero-order valence-corrected chi connectivity index (χ0v) is 9.39. The Morgan fingerprint density at radius 3 is 2.81 bits per heavy atom. The molecule has 1 saturated heterocycles. The van der Waals surface area contributed by atoms with E-state index in [1.54, 1.807) is 0 Å². The molecule has 1 aliphatic rings. The highest BCUT2D eigenvalue weighted by molar-refractivity contribution is 5.75. The maximum Gasteiger partial charge on any atom is 0.410 e. The molecule has 0 aliphatic carbocycles. The van der Waals surface area contributed by atoms with Gasteiger partial charge in [0.05, 0.1) is 5.92 Å². The van der Waals surface area contributed by atoms with Gasteiger partial charge in [-0.3, -0.25) is 4.79 Å². The summed E-state index contributed by atoms with van der Waals surface area (Å²) < 4.78 is 4.91. The summed E-state index contributed by atoms with van der Waals surface area (Å²) in [5.41, 5.74) is 0. The Kier molecular flexibility index (Phi) is 4.34. The second-order valence-corrected chi connectivity index (χ2v) is 3.77. The molecule has 0 bridgehead atoms. The lowest BCUT2D eigenvalue weighted by atomic mass is 9.99. The average molecular weight is 227 g/mol. The van der Waals surface area contributed by atoms with Crippen LogP contribution in [0.3, 0.4) is 0 Å². The Labute approximate surface area is 94.7 Å². The minimum absolute atomic E-state index is 0.156. The highest BCUT2D eigenvalue weighted by atomic mass is 16.6. The second-order valence-electron chi connectivity index (χ2n) is 3.77. The standard InChI is InChI=1S/C11H17NO4/c1-3-7-16-11(15)12-6-5-8(10(13)14)9(12)4-2/h3,8-9H,1,4-7H2,2H3,(H,13,14). The Hall–Kier alpha value is -1.52. The third-order valence-electron chi connectivity index (χ3n) is 2.84. The molecule has 0 aromatic carbocycles. The normalized spacial score (nSPS) is 24.2. The van der Waals surface area contributed by atoms with Gasteiger partial charge < -0.3 is 14.7 Å². The Morgan fingerprint density at radius 2 is 2.31 bits per heavy atom. The number of aliphatic carboxylic acids is 1. The summed E-state index contributed by atoms with van der Waals surface area (Å²) in [6.45, 7) is 5.93. The van der Waals surface area contributed by atoms with Gasteiger partial charge in [-0.05, 0) is 12.8 Å². The van der Waals surface area contributed by atoms with Crippen LogP contribution in [0.2, 0.25) is 0 Å². The average Bonchev–Trinajstić information content (AvgIpc) is 2.69. The number of hydrogen-bond donors (Lipinski definition) is 1. The molecule has 0 aromatic heterocycles. The van der Waals surface area contributed by atoms with Gasteiger partial charge in [-0.15, -0.1) is 0 Å². The Morgan fingerprint density at radius 1 is 1.62 bits per heavy atom. The van der Waals surface area contributed by atoms with Crippen molar-refractivity contribution in [2.75, 3.05) is 13.2 Å². The molecule has 2 unspecified atom stereocenters. The molecule has 5 nitrogen and oxygen atoms in total. The third-order valence-corrected chi connectivity index (χ3v) is 2.84. The van der Waals surface area contributed by atoms with Gasteiger partial charge in [0.2, 0.25) is 0 Å². The third kappa shape index (κ3) is 2.53. The molecule has 2 atom stereocenters. The van der Waals surface area contributed by atoms with E-state index in [9.17, 15) is 9.59 Å².